The lowest BCUT2D eigenvalue weighted by atomic mass is 10.1. The van der Waals surface area contributed by atoms with E-state index in [1.165, 1.54) is 19.2 Å². The Morgan fingerprint density at radius 2 is 2.00 bits per heavy atom. The normalized spacial score (nSPS) is 12.3. The molecule has 1 aliphatic heterocycles. The number of para-hydroxylation sites is 2. The first-order chi connectivity index (χ1) is 10.1. The summed E-state index contributed by atoms with van der Waals surface area (Å²) in [5, 5.41) is 13.6. The first-order valence-corrected chi connectivity index (χ1v) is 6.05. The van der Waals surface area contributed by atoms with E-state index < -0.39 is 10.8 Å². The van der Waals surface area contributed by atoms with Crippen LogP contribution in [0.2, 0.25) is 0 Å². The van der Waals surface area contributed by atoms with Gasteiger partial charge in [-0.25, -0.2) is 0 Å². The summed E-state index contributed by atoms with van der Waals surface area (Å²) in [5.41, 5.74) is 0.403. The Kier molecular flexibility index (Phi) is 2.94. The van der Waals surface area contributed by atoms with Gasteiger partial charge < -0.3 is 14.8 Å². The van der Waals surface area contributed by atoms with E-state index in [1.54, 1.807) is 24.3 Å². The molecule has 2 aromatic rings. The number of non-ortho nitro benzene ring substituents is 1. The van der Waals surface area contributed by atoms with Gasteiger partial charge in [-0.2, -0.15) is 0 Å². The van der Waals surface area contributed by atoms with Crippen molar-refractivity contribution in [3.63, 3.8) is 0 Å². The number of nitrogens with one attached hydrogen (secondary N) is 1. The maximum atomic E-state index is 12.3. The Bertz CT molecular complexity index is 757. The molecule has 0 aliphatic carbocycles. The molecule has 1 heterocycles. The lowest BCUT2D eigenvalue weighted by molar-refractivity contribution is -0.385. The van der Waals surface area contributed by atoms with E-state index >= 15 is 0 Å². The zero-order valence-corrected chi connectivity index (χ0v) is 11.0. The van der Waals surface area contributed by atoms with E-state index in [9.17, 15) is 14.9 Å². The number of carbonyl (C=O) groups is 1. The summed E-state index contributed by atoms with van der Waals surface area (Å²) in [5.74, 6) is 0.141. The predicted octanol–water partition coefficient (Wildman–Crippen LogP) is 2.96. The third-order valence-corrected chi connectivity index (χ3v) is 3.06. The predicted molar refractivity (Wildman–Crippen MR) is 74.1 cm³/mol. The quantitative estimate of drug-likeness (QED) is 0.677. The molecule has 0 saturated carbocycles. The average Bonchev–Trinajstić information content (AvgIpc) is 2.61. The summed E-state index contributed by atoms with van der Waals surface area (Å²) in [6.45, 7) is 0. The molecule has 0 spiro atoms. The highest BCUT2D eigenvalue weighted by Gasteiger charge is 2.27. The monoisotopic (exact) mass is 286 g/mol. The van der Waals surface area contributed by atoms with Gasteiger partial charge in [0.25, 0.3) is 11.6 Å². The fourth-order valence-electron chi connectivity index (χ4n) is 2.11. The van der Waals surface area contributed by atoms with Crippen LogP contribution in [0.4, 0.5) is 11.4 Å². The molecule has 7 nitrogen and oxygen atoms in total. The molecular weight excluding hydrogens is 276 g/mol. The number of rotatable bonds is 2. The van der Waals surface area contributed by atoms with Gasteiger partial charge in [0.15, 0.2) is 11.5 Å². The van der Waals surface area contributed by atoms with Gasteiger partial charge in [-0.3, -0.25) is 14.9 Å². The Morgan fingerprint density at radius 3 is 2.71 bits per heavy atom. The van der Waals surface area contributed by atoms with Gasteiger partial charge in [-0.1, -0.05) is 12.1 Å². The number of nitrogens with zero attached hydrogens (tertiary/aromatic N) is 1. The molecule has 0 fully saturated rings. The number of nitro benzene ring substituents is 1. The van der Waals surface area contributed by atoms with Crippen molar-refractivity contribution >= 4 is 17.3 Å². The molecule has 21 heavy (non-hydrogen) atoms. The van der Waals surface area contributed by atoms with Gasteiger partial charge in [0.2, 0.25) is 0 Å². The van der Waals surface area contributed by atoms with Crippen molar-refractivity contribution in [2.45, 2.75) is 0 Å². The Labute approximate surface area is 119 Å². The summed E-state index contributed by atoms with van der Waals surface area (Å²) in [6, 6.07) is 9.23. The lowest BCUT2D eigenvalue weighted by Crippen LogP contribution is -2.12. The van der Waals surface area contributed by atoms with Crippen LogP contribution >= 0.6 is 0 Å². The highest BCUT2D eigenvalue weighted by Crippen LogP contribution is 2.41. The third kappa shape index (κ3) is 2.14. The molecule has 0 radical (unpaired) electrons. The molecule has 1 N–H and O–H groups in total. The summed E-state index contributed by atoms with van der Waals surface area (Å²) >= 11 is 0. The molecule has 106 valence electrons. The molecular formula is C14H10N2O5. The van der Waals surface area contributed by atoms with Crippen molar-refractivity contribution in [1.29, 1.82) is 0 Å². The first kappa shape index (κ1) is 12.9. The van der Waals surface area contributed by atoms with E-state index in [4.69, 9.17) is 9.47 Å². The van der Waals surface area contributed by atoms with Gasteiger partial charge in [-0.15, -0.1) is 0 Å². The van der Waals surface area contributed by atoms with Crippen molar-refractivity contribution in [1.82, 2.24) is 0 Å². The van der Waals surface area contributed by atoms with Gasteiger partial charge in [0.05, 0.1) is 29.9 Å². The number of ether oxygens (including phenoxy) is 2. The summed E-state index contributed by atoms with van der Waals surface area (Å²) in [4.78, 5) is 22.7. The van der Waals surface area contributed by atoms with Crippen molar-refractivity contribution in [3.05, 3.63) is 52.1 Å². The minimum Gasteiger partial charge on any atom is -0.496 e. The molecule has 0 bridgehead atoms. The summed E-state index contributed by atoms with van der Waals surface area (Å²) < 4.78 is 10.7. The van der Waals surface area contributed by atoms with Crippen LogP contribution in [0.15, 0.2) is 36.4 Å². The number of nitro groups is 1. The van der Waals surface area contributed by atoms with Crippen molar-refractivity contribution < 1.29 is 19.2 Å². The second-order valence-electron chi connectivity index (χ2n) is 4.33. The van der Waals surface area contributed by atoms with E-state index in [2.05, 4.69) is 5.32 Å². The van der Waals surface area contributed by atoms with Crippen molar-refractivity contribution in [2.75, 3.05) is 12.4 Å². The Morgan fingerprint density at radius 1 is 1.24 bits per heavy atom. The molecule has 7 heteroatoms. The number of anilines is 1. The highest BCUT2D eigenvalue weighted by molar-refractivity contribution is 6.10. The lowest BCUT2D eigenvalue weighted by Gasteiger charge is -2.10. The van der Waals surface area contributed by atoms with Crippen LogP contribution < -0.4 is 14.8 Å². The smallest absolute Gasteiger partial charge is 0.276 e. The van der Waals surface area contributed by atoms with Crippen LogP contribution in [0.25, 0.3) is 0 Å². The fraction of sp³-hybridized carbons (Fsp3) is 0.0714. The number of hydrogen-bond acceptors (Lipinski definition) is 5. The van der Waals surface area contributed by atoms with Crippen LogP contribution in [0.5, 0.6) is 17.2 Å². The molecule has 0 aromatic heterocycles. The molecule has 1 amide bonds. The average molecular weight is 286 g/mol. The molecule has 0 saturated heterocycles. The Balaban J connectivity index is 2.23. The van der Waals surface area contributed by atoms with Crippen molar-refractivity contribution in [3.8, 4) is 17.2 Å². The van der Waals surface area contributed by atoms with E-state index in [0.717, 1.165) is 0 Å². The van der Waals surface area contributed by atoms with E-state index in [-0.39, 0.29) is 22.7 Å². The number of benzene rings is 2. The highest BCUT2D eigenvalue weighted by atomic mass is 16.6. The molecule has 0 atom stereocenters. The van der Waals surface area contributed by atoms with Gasteiger partial charge in [-0.05, 0) is 12.1 Å². The standard InChI is InChI=1S/C14H10N2O5/c1-20-11-6-8(16(18)19)7-12-13(11)14(17)15-9-4-2-3-5-10(9)21-12/h2-7H,1H3,(H,15,17). The molecule has 3 rings (SSSR count). The number of fused-ring (bicyclic) bond motifs is 2. The molecule has 1 aliphatic rings. The number of hydrogen-bond donors (Lipinski definition) is 1. The van der Waals surface area contributed by atoms with Crippen LogP contribution in [0.1, 0.15) is 10.4 Å². The number of methoxy groups -OCH3 is 1. The molecule has 2 aromatic carbocycles. The van der Waals surface area contributed by atoms with Crippen LogP contribution in [-0.2, 0) is 0 Å². The Hall–Kier alpha value is -3.09. The second kappa shape index (κ2) is 4.78. The number of amides is 1. The van der Waals surface area contributed by atoms with Crippen molar-refractivity contribution in [2.24, 2.45) is 0 Å². The topological polar surface area (TPSA) is 90.7 Å². The minimum absolute atomic E-state index is 0.0866. The van der Waals surface area contributed by atoms with Gasteiger partial charge >= 0.3 is 0 Å². The largest absolute Gasteiger partial charge is 0.496 e. The fourth-order valence-corrected chi connectivity index (χ4v) is 2.11. The van der Waals surface area contributed by atoms with Crippen LogP contribution in [0, 0.1) is 10.1 Å². The van der Waals surface area contributed by atoms with Crippen LogP contribution in [0.3, 0.4) is 0 Å². The second-order valence-corrected chi connectivity index (χ2v) is 4.33. The van der Waals surface area contributed by atoms with E-state index in [0.29, 0.717) is 11.4 Å². The minimum atomic E-state index is -0.569. The number of carbonyl (C=O) groups excluding carboxylic acids is 1. The maximum Gasteiger partial charge on any atom is 0.276 e. The summed E-state index contributed by atoms with van der Waals surface area (Å²) in [6.07, 6.45) is 0. The first-order valence-electron chi connectivity index (χ1n) is 6.05. The maximum absolute atomic E-state index is 12.3. The van der Waals surface area contributed by atoms with E-state index in [1.807, 2.05) is 0 Å². The van der Waals surface area contributed by atoms with Gasteiger partial charge in [0.1, 0.15) is 11.3 Å². The zero-order chi connectivity index (χ0) is 15.0. The van der Waals surface area contributed by atoms with Crippen LogP contribution in [-0.4, -0.2) is 17.9 Å². The third-order valence-electron chi connectivity index (χ3n) is 3.06. The summed E-state index contributed by atoms with van der Waals surface area (Å²) in [7, 11) is 1.34. The zero-order valence-electron chi connectivity index (χ0n) is 11.0. The molecule has 0 unspecified atom stereocenters. The van der Waals surface area contributed by atoms with Gasteiger partial charge in [0, 0.05) is 0 Å². The SMILES string of the molecule is COc1cc([N+](=O)[O-])cc2c1C(=O)Nc1ccccc1O2.